The number of aromatic nitrogens is 10. The van der Waals surface area contributed by atoms with Gasteiger partial charge in [0.2, 0.25) is 5.95 Å². The fourth-order valence-electron chi connectivity index (χ4n) is 6.83. The molecule has 0 spiro atoms. The lowest BCUT2D eigenvalue weighted by atomic mass is 9.89. The Morgan fingerprint density at radius 2 is 1.75 bits per heavy atom. The molecule has 1 saturated heterocycles. The molecule has 1 aliphatic carbocycles. The summed E-state index contributed by atoms with van der Waals surface area (Å²) in [7, 11) is 0. The van der Waals surface area contributed by atoms with Gasteiger partial charge in [0.25, 0.3) is 5.88 Å². The Bertz CT molecular complexity index is 1900. The van der Waals surface area contributed by atoms with Crippen LogP contribution in [0, 0.1) is 11.3 Å². The van der Waals surface area contributed by atoms with E-state index in [0.29, 0.717) is 47.2 Å². The molecule has 0 amide bonds. The fraction of sp³-hybridized carbons (Fsp3) is 0.457. The lowest BCUT2D eigenvalue weighted by Crippen LogP contribution is -2.51. The molecule has 4 aromatic heterocycles. The summed E-state index contributed by atoms with van der Waals surface area (Å²) in [4.78, 5) is 20.4. The molecule has 1 unspecified atom stereocenters. The number of morpholine rings is 1. The lowest BCUT2D eigenvalue weighted by molar-refractivity contribution is -0.0852. The SMILES string of the molecule is CC(Cn1cnnn1)Oc1cc(-c2cnc(Nc3cn(C4CCC(N5C[C@@H](C)O[C@@H](C)C5)CC4)nc3OCc3ncccn3)nc2)ccc1C#N. The molecule has 16 nitrogen and oxygen atoms in total. The van der Waals surface area contributed by atoms with Crippen molar-refractivity contribution < 1.29 is 14.2 Å². The number of hydrogen-bond acceptors (Lipinski definition) is 14. The number of tetrazole rings is 1. The first-order chi connectivity index (χ1) is 24.9. The molecule has 3 atom stereocenters. The minimum atomic E-state index is -0.281. The van der Waals surface area contributed by atoms with Crippen LogP contribution in [0.15, 0.2) is 61.6 Å². The highest BCUT2D eigenvalue weighted by atomic mass is 16.5. The molecule has 5 heterocycles. The Morgan fingerprint density at radius 1 is 1.00 bits per heavy atom. The van der Waals surface area contributed by atoms with Gasteiger partial charge in [-0.1, -0.05) is 6.07 Å². The van der Waals surface area contributed by atoms with E-state index in [4.69, 9.17) is 19.3 Å². The van der Waals surface area contributed by atoms with Gasteiger partial charge >= 0.3 is 0 Å². The largest absolute Gasteiger partial charge is 0.487 e. The van der Waals surface area contributed by atoms with Gasteiger partial charge in [-0.25, -0.2) is 24.6 Å². The van der Waals surface area contributed by atoms with E-state index in [2.05, 4.69) is 65.6 Å². The maximum Gasteiger partial charge on any atom is 0.257 e. The first-order valence-corrected chi connectivity index (χ1v) is 17.3. The summed E-state index contributed by atoms with van der Waals surface area (Å²) in [6.07, 6.45) is 14.8. The van der Waals surface area contributed by atoms with Crippen LogP contribution in [0.25, 0.3) is 11.1 Å². The standard InChI is InChI=1S/C35H41N13O3/c1-23-17-46(18-24(2)50-23)29-7-9-30(10-8-29)48-20-31(34(43-48)49-21-33-37-11-4-12-38-33)42-35-39-15-28(16-40-35)26-5-6-27(14-36)32(13-26)51-25(3)19-47-22-41-44-45-47/h4-6,11-13,15-16,20,22-25,29-30H,7-10,17-19,21H2,1-3H3,(H,39,40,42)/t23-,24+,25?,29?,30?. The Balaban J connectivity index is 1.05. The maximum absolute atomic E-state index is 9.69. The zero-order valence-corrected chi connectivity index (χ0v) is 28.9. The highest BCUT2D eigenvalue weighted by Crippen LogP contribution is 2.36. The number of ether oxygens (including phenoxy) is 3. The second-order valence-electron chi connectivity index (χ2n) is 13.2. The van der Waals surface area contributed by atoms with Crippen LogP contribution in [0.4, 0.5) is 11.6 Å². The zero-order valence-electron chi connectivity index (χ0n) is 28.9. The summed E-state index contributed by atoms with van der Waals surface area (Å²) in [5.41, 5.74) is 2.65. The van der Waals surface area contributed by atoms with Gasteiger partial charge in [-0.3, -0.25) is 9.58 Å². The minimum Gasteiger partial charge on any atom is -0.487 e. The molecule has 16 heteroatoms. The van der Waals surface area contributed by atoms with Crippen LogP contribution in [0.5, 0.6) is 11.6 Å². The number of nitrogens with one attached hydrogen (secondary N) is 1. The molecule has 2 aliphatic rings. The van der Waals surface area contributed by atoms with E-state index in [1.807, 2.05) is 29.9 Å². The highest BCUT2D eigenvalue weighted by Gasteiger charge is 2.32. The summed E-state index contributed by atoms with van der Waals surface area (Å²) in [6, 6.07) is 10.2. The molecule has 5 aromatic rings. The summed E-state index contributed by atoms with van der Waals surface area (Å²) in [5, 5.41) is 29.1. The number of benzene rings is 1. The van der Waals surface area contributed by atoms with Gasteiger partial charge in [-0.2, -0.15) is 5.26 Å². The van der Waals surface area contributed by atoms with Gasteiger partial charge in [0.1, 0.15) is 36.5 Å². The lowest BCUT2D eigenvalue weighted by Gasteiger charge is -2.42. The van der Waals surface area contributed by atoms with Crippen molar-refractivity contribution >= 4 is 11.6 Å². The van der Waals surface area contributed by atoms with Crippen molar-refractivity contribution in [2.24, 2.45) is 0 Å². The molecule has 51 heavy (non-hydrogen) atoms. The Labute approximate surface area is 295 Å². The predicted molar refractivity (Wildman–Crippen MR) is 185 cm³/mol. The molecule has 1 N–H and O–H groups in total. The molecule has 264 valence electrons. The molecular weight excluding hydrogens is 650 g/mol. The van der Waals surface area contributed by atoms with Crippen LogP contribution in [-0.4, -0.2) is 92.3 Å². The quantitative estimate of drug-likeness (QED) is 0.195. The van der Waals surface area contributed by atoms with E-state index in [1.54, 1.807) is 41.6 Å². The molecule has 1 saturated carbocycles. The van der Waals surface area contributed by atoms with Gasteiger partial charge in [0.15, 0.2) is 5.82 Å². The zero-order chi connectivity index (χ0) is 35.2. The number of hydrogen-bond donors (Lipinski definition) is 1. The van der Waals surface area contributed by atoms with Crippen molar-refractivity contribution in [3.63, 3.8) is 0 Å². The van der Waals surface area contributed by atoms with Gasteiger partial charge in [0.05, 0.1) is 36.6 Å². The van der Waals surface area contributed by atoms with Crippen LogP contribution >= 0.6 is 0 Å². The van der Waals surface area contributed by atoms with Crippen LogP contribution in [0.1, 0.15) is 63.9 Å². The summed E-state index contributed by atoms with van der Waals surface area (Å²) < 4.78 is 21.8. The third-order valence-corrected chi connectivity index (χ3v) is 9.16. The number of rotatable bonds is 12. The molecule has 1 aliphatic heterocycles. The molecular formula is C35H41N13O3. The number of nitriles is 1. The third kappa shape index (κ3) is 8.44. The van der Waals surface area contributed by atoms with E-state index in [1.165, 1.54) is 6.33 Å². The van der Waals surface area contributed by atoms with Crippen molar-refractivity contribution in [2.75, 3.05) is 18.4 Å². The van der Waals surface area contributed by atoms with E-state index in [0.717, 1.165) is 49.9 Å². The van der Waals surface area contributed by atoms with E-state index in [9.17, 15) is 5.26 Å². The number of anilines is 2. The third-order valence-electron chi connectivity index (χ3n) is 9.16. The maximum atomic E-state index is 9.69. The van der Waals surface area contributed by atoms with E-state index >= 15 is 0 Å². The smallest absolute Gasteiger partial charge is 0.257 e. The highest BCUT2D eigenvalue weighted by molar-refractivity contribution is 5.67. The average Bonchev–Trinajstić information content (AvgIpc) is 3.81. The Morgan fingerprint density at radius 3 is 2.45 bits per heavy atom. The van der Waals surface area contributed by atoms with Crippen molar-refractivity contribution in [1.29, 1.82) is 5.26 Å². The van der Waals surface area contributed by atoms with Gasteiger partial charge in [-0.05, 0) is 80.6 Å². The topological polar surface area (TPSA) is 180 Å². The first kappa shape index (κ1) is 33.9. The summed E-state index contributed by atoms with van der Waals surface area (Å²) in [5.74, 6) is 1.83. The molecule has 0 radical (unpaired) electrons. The average molecular weight is 692 g/mol. The fourth-order valence-corrected chi connectivity index (χ4v) is 6.83. The van der Waals surface area contributed by atoms with Gasteiger partial charge in [0, 0.05) is 49.5 Å². The van der Waals surface area contributed by atoms with Gasteiger partial charge in [-0.15, -0.1) is 10.2 Å². The van der Waals surface area contributed by atoms with Crippen LogP contribution in [-0.2, 0) is 17.9 Å². The molecule has 1 aromatic carbocycles. The predicted octanol–water partition coefficient (Wildman–Crippen LogP) is 4.37. The first-order valence-electron chi connectivity index (χ1n) is 17.3. The second kappa shape index (κ2) is 15.6. The summed E-state index contributed by atoms with van der Waals surface area (Å²) in [6.45, 7) is 8.78. The van der Waals surface area contributed by atoms with Crippen LogP contribution < -0.4 is 14.8 Å². The second-order valence-corrected chi connectivity index (χ2v) is 13.2. The molecule has 0 bridgehead atoms. The minimum absolute atomic E-state index is 0.171. The van der Waals surface area contributed by atoms with E-state index in [-0.39, 0.29) is 31.0 Å². The van der Waals surface area contributed by atoms with Crippen LogP contribution in [0.3, 0.4) is 0 Å². The molecule has 7 rings (SSSR count). The van der Waals surface area contributed by atoms with Crippen molar-refractivity contribution in [3.05, 3.63) is 73.0 Å². The monoisotopic (exact) mass is 691 g/mol. The summed E-state index contributed by atoms with van der Waals surface area (Å²) >= 11 is 0. The Kier molecular flexibility index (Phi) is 10.4. The molecule has 2 fully saturated rings. The van der Waals surface area contributed by atoms with E-state index < -0.39 is 0 Å². The normalized spacial score (nSPS) is 21.5. The Hall–Kier alpha value is -5.53. The van der Waals surface area contributed by atoms with Crippen molar-refractivity contribution in [2.45, 2.75) is 90.0 Å². The van der Waals surface area contributed by atoms with Crippen LogP contribution in [0.2, 0.25) is 0 Å². The number of nitrogens with zero attached hydrogens (tertiary/aromatic N) is 12. The van der Waals surface area contributed by atoms with Crippen molar-refractivity contribution in [1.82, 2.24) is 54.8 Å². The van der Waals surface area contributed by atoms with Gasteiger partial charge < -0.3 is 19.5 Å². The van der Waals surface area contributed by atoms with Crippen molar-refractivity contribution in [3.8, 4) is 28.8 Å².